The number of nitrogens with one attached hydrogen (secondary N) is 2. The van der Waals surface area contributed by atoms with E-state index in [9.17, 15) is 14.4 Å². The van der Waals surface area contributed by atoms with Crippen LogP contribution in [0.4, 0.5) is 5.69 Å². The van der Waals surface area contributed by atoms with Crippen molar-refractivity contribution < 1.29 is 14.4 Å². The number of imide groups is 1. The average molecular weight is 351 g/mol. The SMILES string of the molecule is CSSCNc1cccc2c1C(=O)N(C1CCC(=O)NC1=O)C2. The monoisotopic (exact) mass is 351 g/mol. The predicted octanol–water partition coefficient (Wildman–Crippen LogP) is 1.83. The summed E-state index contributed by atoms with van der Waals surface area (Å²) < 4.78 is 0. The van der Waals surface area contributed by atoms with E-state index in [1.54, 1.807) is 26.5 Å². The quantitative estimate of drug-likeness (QED) is 0.365. The standard InChI is InChI=1S/C15H17N3O3S2/c1-22-23-8-16-10-4-2-3-9-7-18(15(21)13(9)10)11-5-6-12(19)17-14(11)20/h2-4,11,16H,5-8H2,1H3,(H,17,19,20). The summed E-state index contributed by atoms with van der Waals surface area (Å²) >= 11 is 0. The van der Waals surface area contributed by atoms with Crippen LogP contribution in [-0.2, 0) is 16.1 Å². The molecule has 2 aliphatic rings. The highest BCUT2D eigenvalue weighted by atomic mass is 33.1. The van der Waals surface area contributed by atoms with E-state index in [-0.39, 0.29) is 24.1 Å². The van der Waals surface area contributed by atoms with Crippen LogP contribution in [0.2, 0.25) is 0 Å². The first-order valence-corrected chi connectivity index (χ1v) is 10.0. The number of nitrogens with zero attached hydrogens (tertiary/aromatic N) is 1. The smallest absolute Gasteiger partial charge is 0.257 e. The molecule has 0 spiro atoms. The van der Waals surface area contributed by atoms with E-state index >= 15 is 0 Å². The second kappa shape index (κ2) is 6.84. The summed E-state index contributed by atoms with van der Waals surface area (Å²) in [5, 5.41) is 5.57. The van der Waals surface area contributed by atoms with E-state index in [2.05, 4.69) is 10.6 Å². The summed E-state index contributed by atoms with van der Waals surface area (Å²) in [6.07, 6.45) is 2.65. The number of carbonyl (C=O) groups excluding carboxylic acids is 3. The van der Waals surface area contributed by atoms with Crippen LogP contribution in [0.1, 0.15) is 28.8 Å². The lowest BCUT2D eigenvalue weighted by atomic mass is 10.0. The topological polar surface area (TPSA) is 78.5 Å². The van der Waals surface area contributed by atoms with Gasteiger partial charge in [0.2, 0.25) is 11.8 Å². The summed E-state index contributed by atoms with van der Waals surface area (Å²) in [6, 6.07) is 5.13. The summed E-state index contributed by atoms with van der Waals surface area (Å²) in [6.45, 7) is 0.408. The van der Waals surface area contributed by atoms with Crippen LogP contribution in [0, 0.1) is 0 Å². The van der Waals surface area contributed by atoms with Crippen LogP contribution in [0.3, 0.4) is 0 Å². The maximum Gasteiger partial charge on any atom is 0.257 e. The van der Waals surface area contributed by atoms with Crippen molar-refractivity contribution in [3.05, 3.63) is 29.3 Å². The molecule has 0 aromatic heterocycles. The average Bonchev–Trinajstić information content (AvgIpc) is 2.85. The van der Waals surface area contributed by atoms with Gasteiger partial charge in [-0.25, -0.2) is 0 Å². The van der Waals surface area contributed by atoms with Crippen LogP contribution in [0.15, 0.2) is 18.2 Å². The van der Waals surface area contributed by atoms with Crippen molar-refractivity contribution in [3.8, 4) is 0 Å². The van der Waals surface area contributed by atoms with Gasteiger partial charge in [-0.05, 0) is 24.3 Å². The van der Waals surface area contributed by atoms with Crippen LogP contribution in [0.25, 0.3) is 0 Å². The number of piperidine rings is 1. The zero-order valence-electron chi connectivity index (χ0n) is 12.6. The number of amides is 3. The summed E-state index contributed by atoms with van der Waals surface area (Å²) in [5.74, 6) is -0.1000. The van der Waals surface area contributed by atoms with Crippen molar-refractivity contribution >= 4 is 45.0 Å². The van der Waals surface area contributed by atoms with Crippen LogP contribution < -0.4 is 10.6 Å². The van der Waals surface area contributed by atoms with Crippen molar-refractivity contribution in [1.29, 1.82) is 0 Å². The third-order valence-corrected chi connectivity index (χ3v) is 5.55. The fraction of sp³-hybridized carbons (Fsp3) is 0.400. The van der Waals surface area contributed by atoms with Crippen LogP contribution >= 0.6 is 21.6 Å². The zero-order chi connectivity index (χ0) is 16.4. The van der Waals surface area contributed by atoms with Crippen LogP contribution in [-0.4, -0.2) is 40.8 Å². The van der Waals surface area contributed by atoms with E-state index in [0.29, 0.717) is 24.4 Å². The Kier molecular flexibility index (Phi) is 4.82. The van der Waals surface area contributed by atoms with E-state index in [1.165, 1.54) is 0 Å². The second-order valence-corrected chi connectivity index (χ2v) is 7.91. The maximum absolute atomic E-state index is 12.8. The lowest BCUT2D eigenvalue weighted by molar-refractivity contribution is -0.136. The van der Waals surface area contributed by atoms with Gasteiger partial charge in [0.05, 0.1) is 11.4 Å². The highest BCUT2D eigenvalue weighted by molar-refractivity contribution is 8.76. The fourth-order valence-electron chi connectivity index (χ4n) is 2.93. The molecule has 0 saturated carbocycles. The molecule has 8 heteroatoms. The largest absolute Gasteiger partial charge is 0.374 e. The zero-order valence-corrected chi connectivity index (χ0v) is 14.3. The normalized spacial score (nSPS) is 20.5. The lowest BCUT2D eigenvalue weighted by Crippen LogP contribution is -2.52. The molecule has 0 aliphatic carbocycles. The molecule has 1 saturated heterocycles. The molecule has 2 N–H and O–H groups in total. The summed E-state index contributed by atoms with van der Waals surface area (Å²) in [5.41, 5.74) is 2.35. The number of hydrogen-bond donors (Lipinski definition) is 2. The predicted molar refractivity (Wildman–Crippen MR) is 92.1 cm³/mol. The molecule has 1 fully saturated rings. The number of carbonyl (C=O) groups is 3. The summed E-state index contributed by atoms with van der Waals surface area (Å²) in [7, 11) is 3.31. The van der Waals surface area contributed by atoms with E-state index in [1.807, 2.05) is 24.5 Å². The van der Waals surface area contributed by atoms with Crippen molar-refractivity contribution in [1.82, 2.24) is 10.2 Å². The van der Waals surface area contributed by atoms with Crippen molar-refractivity contribution in [3.63, 3.8) is 0 Å². The first kappa shape index (κ1) is 16.2. The highest BCUT2D eigenvalue weighted by Gasteiger charge is 2.39. The first-order valence-electron chi connectivity index (χ1n) is 7.28. The third kappa shape index (κ3) is 3.18. The Labute approximate surface area is 142 Å². The number of anilines is 1. The molecule has 1 aromatic carbocycles. The van der Waals surface area contributed by atoms with Gasteiger partial charge < -0.3 is 10.2 Å². The molecule has 1 aromatic rings. The molecular formula is C15H17N3O3S2. The Bertz CT molecular complexity index is 665. The minimum absolute atomic E-state index is 0.147. The molecule has 1 atom stereocenters. The lowest BCUT2D eigenvalue weighted by Gasteiger charge is -2.29. The van der Waals surface area contributed by atoms with E-state index in [0.717, 1.165) is 11.3 Å². The van der Waals surface area contributed by atoms with Crippen LogP contribution in [0.5, 0.6) is 0 Å². The molecule has 3 amide bonds. The summed E-state index contributed by atoms with van der Waals surface area (Å²) in [4.78, 5) is 37.7. The molecule has 1 unspecified atom stereocenters. The van der Waals surface area contributed by atoms with Gasteiger partial charge in [0.25, 0.3) is 5.91 Å². The van der Waals surface area contributed by atoms with Crippen molar-refractivity contribution in [2.45, 2.75) is 25.4 Å². The Morgan fingerprint density at radius 1 is 1.35 bits per heavy atom. The maximum atomic E-state index is 12.8. The minimum Gasteiger partial charge on any atom is -0.374 e. The van der Waals surface area contributed by atoms with Gasteiger partial charge in [0.15, 0.2) is 0 Å². The molecule has 0 radical (unpaired) electrons. The second-order valence-electron chi connectivity index (χ2n) is 5.35. The molecule has 6 nitrogen and oxygen atoms in total. The van der Waals surface area contributed by atoms with Crippen molar-refractivity contribution in [2.24, 2.45) is 0 Å². The fourth-order valence-corrected chi connectivity index (χ4v) is 3.79. The van der Waals surface area contributed by atoms with Gasteiger partial charge in [-0.3, -0.25) is 19.7 Å². The van der Waals surface area contributed by atoms with Crippen molar-refractivity contribution in [2.75, 3.05) is 17.4 Å². The Hall–Kier alpha value is -1.67. The molecule has 0 bridgehead atoms. The Morgan fingerprint density at radius 3 is 2.91 bits per heavy atom. The number of hydrogen-bond acceptors (Lipinski definition) is 6. The number of fused-ring (bicyclic) bond motifs is 1. The van der Waals surface area contributed by atoms with Gasteiger partial charge in [-0.2, -0.15) is 0 Å². The Morgan fingerprint density at radius 2 is 2.17 bits per heavy atom. The van der Waals surface area contributed by atoms with Gasteiger partial charge in [0, 0.05) is 18.7 Å². The first-order chi connectivity index (χ1) is 11.1. The van der Waals surface area contributed by atoms with E-state index in [4.69, 9.17) is 0 Å². The minimum atomic E-state index is -0.568. The van der Waals surface area contributed by atoms with Gasteiger partial charge in [-0.15, -0.1) is 0 Å². The molecular weight excluding hydrogens is 334 g/mol. The number of benzene rings is 1. The van der Waals surface area contributed by atoms with Gasteiger partial charge >= 0.3 is 0 Å². The molecule has 122 valence electrons. The Balaban J connectivity index is 1.80. The van der Waals surface area contributed by atoms with E-state index < -0.39 is 6.04 Å². The molecule has 2 heterocycles. The van der Waals surface area contributed by atoms with Gasteiger partial charge in [-0.1, -0.05) is 33.7 Å². The van der Waals surface area contributed by atoms with Gasteiger partial charge in [0.1, 0.15) is 6.04 Å². The molecule has 3 rings (SSSR count). The number of rotatable bonds is 5. The molecule has 2 aliphatic heterocycles. The highest BCUT2D eigenvalue weighted by Crippen LogP contribution is 2.32. The molecule has 23 heavy (non-hydrogen) atoms. The third-order valence-electron chi connectivity index (χ3n) is 3.99.